The van der Waals surface area contributed by atoms with Crippen molar-refractivity contribution in [2.45, 2.75) is 32.9 Å². The van der Waals surface area contributed by atoms with Crippen LogP contribution >= 0.6 is 27.5 Å². The Kier molecular flexibility index (Phi) is 9.54. The molecule has 1 N–H and O–H groups in total. The number of carbonyl (C=O) groups excluding carboxylic acids is 2. The zero-order valence-corrected chi connectivity index (χ0v) is 21.4. The maximum Gasteiger partial charge on any atom is 0.244 e. The predicted octanol–water partition coefficient (Wildman–Crippen LogP) is 3.81. The zero-order valence-electron chi connectivity index (χ0n) is 18.2. The Morgan fingerprint density at radius 1 is 1.09 bits per heavy atom. The minimum atomic E-state index is -3.75. The summed E-state index contributed by atoms with van der Waals surface area (Å²) in [5.41, 5.74) is 1.13. The molecule has 2 rings (SSSR count). The van der Waals surface area contributed by atoms with Gasteiger partial charge in [0.15, 0.2) is 0 Å². The molecule has 0 spiro atoms. The Morgan fingerprint density at radius 2 is 1.69 bits per heavy atom. The predicted molar refractivity (Wildman–Crippen MR) is 131 cm³/mol. The van der Waals surface area contributed by atoms with Gasteiger partial charge in [-0.25, -0.2) is 8.42 Å². The van der Waals surface area contributed by atoms with Gasteiger partial charge in [0.2, 0.25) is 21.8 Å². The van der Waals surface area contributed by atoms with E-state index in [1.807, 2.05) is 6.92 Å². The van der Waals surface area contributed by atoms with Gasteiger partial charge in [-0.3, -0.25) is 13.9 Å². The van der Waals surface area contributed by atoms with Crippen molar-refractivity contribution in [1.82, 2.24) is 10.2 Å². The number of amides is 2. The maximum atomic E-state index is 13.3. The van der Waals surface area contributed by atoms with Gasteiger partial charge in [0.1, 0.15) is 12.6 Å². The molecule has 0 unspecified atom stereocenters. The molecular formula is C22H27BrClN3O4S. The summed E-state index contributed by atoms with van der Waals surface area (Å²) >= 11 is 9.28. The average molecular weight is 545 g/mol. The van der Waals surface area contributed by atoms with Crippen LogP contribution in [-0.4, -0.2) is 50.5 Å². The molecule has 2 aromatic rings. The zero-order chi connectivity index (χ0) is 23.9. The smallest absolute Gasteiger partial charge is 0.244 e. The van der Waals surface area contributed by atoms with Crippen LogP contribution < -0.4 is 9.62 Å². The van der Waals surface area contributed by atoms with Crippen LogP contribution in [-0.2, 0) is 26.2 Å². The minimum absolute atomic E-state index is 0.134. The van der Waals surface area contributed by atoms with Crippen LogP contribution in [0.3, 0.4) is 0 Å². The Morgan fingerprint density at radius 3 is 2.22 bits per heavy atom. The fourth-order valence-electron chi connectivity index (χ4n) is 2.99. The molecule has 0 heterocycles. The molecule has 0 aliphatic heterocycles. The quantitative estimate of drug-likeness (QED) is 0.493. The first-order chi connectivity index (χ1) is 15.0. The summed E-state index contributed by atoms with van der Waals surface area (Å²) in [5, 5.41) is 3.35. The van der Waals surface area contributed by atoms with E-state index in [9.17, 15) is 18.0 Å². The number of hydrogen-bond donors (Lipinski definition) is 1. The van der Waals surface area contributed by atoms with E-state index >= 15 is 0 Å². The lowest BCUT2D eigenvalue weighted by molar-refractivity contribution is -0.139. The summed E-state index contributed by atoms with van der Waals surface area (Å²) in [7, 11) is -3.75. The Hall–Kier alpha value is -2.10. The van der Waals surface area contributed by atoms with Crippen molar-refractivity contribution < 1.29 is 18.0 Å². The molecule has 2 aromatic carbocycles. The van der Waals surface area contributed by atoms with Gasteiger partial charge >= 0.3 is 0 Å². The van der Waals surface area contributed by atoms with Crippen LogP contribution in [0.15, 0.2) is 53.0 Å². The summed E-state index contributed by atoms with van der Waals surface area (Å²) in [6.45, 7) is 3.75. The molecule has 0 aliphatic rings. The number of anilines is 1. The largest absolute Gasteiger partial charge is 0.354 e. The number of halogens is 2. The van der Waals surface area contributed by atoms with Crippen molar-refractivity contribution in [2.24, 2.45) is 0 Å². The summed E-state index contributed by atoms with van der Waals surface area (Å²) in [6, 6.07) is 12.8. The van der Waals surface area contributed by atoms with Crippen molar-refractivity contribution in [3.63, 3.8) is 0 Å². The minimum Gasteiger partial charge on any atom is -0.354 e. The second-order valence-corrected chi connectivity index (χ2v) is 10.6. The van der Waals surface area contributed by atoms with Gasteiger partial charge in [-0.15, -0.1) is 0 Å². The van der Waals surface area contributed by atoms with E-state index in [1.54, 1.807) is 55.5 Å². The second kappa shape index (κ2) is 11.7. The van der Waals surface area contributed by atoms with Gasteiger partial charge < -0.3 is 10.2 Å². The average Bonchev–Trinajstić information content (AvgIpc) is 2.74. The van der Waals surface area contributed by atoms with Gasteiger partial charge in [0.25, 0.3) is 0 Å². The molecule has 174 valence electrons. The van der Waals surface area contributed by atoms with Crippen LogP contribution in [0.25, 0.3) is 0 Å². The fourth-order valence-corrected chi connectivity index (χ4v) is 4.23. The standard InChI is InChI=1S/C22H27BrClN3O4S/c1-4-13-25-22(29)16(2)26(14-17-5-9-19(24)10-6-17)21(28)15-27(32(3,30)31)20-11-7-18(23)8-12-20/h5-12,16H,4,13-15H2,1-3H3,(H,25,29)/t16-/m0/s1. The third kappa shape index (κ3) is 7.50. The first kappa shape index (κ1) is 26.2. The topological polar surface area (TPSA) is 86.8 Å². The third-order valence-electron chi connectivity index (χ3n) is 4.78. The van der Waals surface area contributed by atoms with Gasteiger partial charge in [0.05, 0.1) is 11.9 Å². The number of hydrogen-bond acceptors (Lipinski definition) is 4. The third-order valence-corrected chi connectivity index (χ3v) is 6.70. The highest BCUT2D eigenvalue weighted by molar-refractivity contribution is 9.10. The fraction of sp³-hybridized carbons (Fsp3) is 0.364. The molecule has 0 saturated carbocycles. The molecule has 7 nitrogen and oxygen atoms in total. The number of sulfonamides is 1. The van der Waals surface area contributed by atoms with Gasteiger partial charge in [-0.1, -0.05) is 46.6 Å². The van der Waals surface area contributed by atoms with Crippen LogP contribution in [0.5, 0.6) is 0 Å². The normalized spacial score (nSPS) is 12.2. The van der Waals surface area contributed by atoms with E-state index in [4.69, 9.17) is 11.6 Å². The molecule has 0 saturated heterocycles. The summed E-state index contributed by atoms with van der Waals surface area (Å²) in [6.07, 6.45) is 1.80. The lowest BCUT2D eigenvalue weighted by atomic mass is 10.1. The number of rotatable bonds is 10. The number of nitrogens with one attached hydrogen (secondary N) is 1. The Bertz CT molecular complexity index is 1030. The van der Waals surface area contributed by atoms with E-state index in [-0.39, 0.29) is 12.5 Å². The first-order valence-corrected chi connectivity index (χ1v) is 13.1. The Labute approximate surface area is 202 Å². The van der Waals surface area contributed by atoms with E-state index in [2.05, 4.69) is 21.2 Å². The van der Waals surface area contributed by atoms with E-state index in [0.717, 1.165) is 27.0 Å². The SMILES string of the molecule is CCCNC(=O)[C@H](C)N(Cc1ccc(Cl)cc1)C(=O)CN(c1ccc(Br)cc1)S(C)(=O)=O. The second-order valence-electron chi connectivity index (χ2n) is 7.36. The molecule has 32 heavy (non-hydrogen) atoms. The highest BCUT2D eigenvalue weighted by atomic mass is 79.9. The molecule has 0 fully saturated rings. The van der Waals surface area contributed by atoms with Crippen molar-refractivity contribution >= 4 is 55.1 Å². The maximum absolute atomic E-state index is 13.3. The van der Waals surface area contributed by atoms with Gasteiger partial charge in [-0.2, -0.15) is 0 Å². The van der Waals surface area contributed by atoms with E-state index in [0.29, 0.717) is 17.3 Å². The molecule has 1 atom stereocenters. The molecule has 0 radical (unpaired) electrons. The van der Waals surface area contributed by atoms with Crippen LogP contribution in [0.2, 0.25) is 5.02 Å². The highest BCUT2D eigenvalue weighted by Crippen LogP contribution is 2.22. The molecule has 2 amide bonds. The van der Waals surface area contributed by atoms with Crippen molar-refractivity contribution in [3.05, 3.63) is 63.6 Å². The monoisotopic (exact) mass is 543 g/mol. The lowest BCUT2D eigenvalue weighted by Crippen LogP contribution is -2.51. The first-order valence-electron chi connectivity index (χ1n) is 10.1. The summed E-state index contributed by atoms with van der Waals surface area (Å²) in [4.78, 5) is 27.3. The van der Waals surface area contributed by atoms with Gasteiger partial charge in [0, 0.05) is 22.6 Å². The van der Waals surface area contributed by atoms with Crippen molar-refractivity contribution in [3.8, 4) is 0 Å². The summed E-state index contributed by atoms with van der Waals surface area (Å²) in [5.74, 6) is -0.795. The Balaban J connectivity index is 2.34. The lowest BCUT2D eigenvalue weighted by Gasteiger charge is -2.31. The molecular weight excluding hydrogens is 518 g/mol. The molecule has 0 bridgehead atoms. The summed E-state index contributed by atoms with van der Waals surface area (Å²) < 4.78 is 26.7. The van der Waals surface area contributed by atoms with Crippen LogP contribution in [0.4, 0.5) is 5.69 Å². The van der Waals surface area contributed by atoms with Crippen molar-refractivity contribution in [1.29, 1.82) is 0 Å². The highest BCUT2D eigenvalue weighted by Gasteiger charge is 2.29. The molecule has 0 aromatic heterocycles. The molecule has 0 aliphatic carbocycles. The van der Waals surface area contributed by atoms with Gasteiger partial charge in [-0.05, 0) is 55.3 Å². The van der Waals surface area contributed by atoms with Crippen LogP contribution in [0.1, 0.15) is 25.8 Å². The van der Waals surface area contributed by atoms with Crippen molar-refractivity contribution in [2.75, 3.05) is 23.7 Å². The number of nitrogens with zero attached hydrogens (tertiary/aromatic N) is 2. The van der Waals surface area contributed by atoms with Crippen LogP contribution in [0, 0.1) is 0 Å². The van der Waals surface area contributed by atoms with E-state index in [1.165, 1.54) is 4.90 Å². The number of benzene rings is 2. The van der Waals surface area contributed by atoms with E-state index < -0.39 is 28.5 Å². The number of carbonyl (C=O) groups is 2. The molecule has 10 heteroatoms.